The van der Waals surface area contributed by atoms with Crippen molar-refractivity contribution < 1.29 is 28.9 Å². The Hall–Kier alpha value is -4.79. The van der Waals surface area contributed by atoms with E-state index in [4.69, 9.17) is 0 Å². The van der Waals surface area contributed by atoms with Crippen molar-refractivity contribution in [2.24, 2.45) is 11.8 Å². The molecule has 1 amide bonds. The lowest BCUT2D eigenvalue weighted by Crippen LogP contribution is -2.55. The molecule has 0 unspecified atom stereocenters. The minimum Gasteiger partial charge on any atom is -0.325 e. The van der Waals surface area contributed by atoms with Gasteiger partial charge in [0.2, 0.25) is 5.91 Å². The molecule has 2 aliphatic carbocycles. The summed E-state index contributed by atoms with van der Waals surface area (Å²) in [6.07, 6.45) is 0. The molecule has 170 valence electrons. The summed E-state index contributed by atoms with van der Waals surface area (Å²) in [5.41, 5.74) is -2.39. The zero-order valence-electron chi connectivity index (χ0n) is 17.8. The Morgan fingerprint density at radius 2 is 1.11 bits per heavy atom. The Morgan fingerprint density at radius 3 is 1.51 bits per heavy atom. The van der Waals surface area contributed by atoms with Gasteiger partial charge in [-0.25, -0.2) is 0 Å². The molecule has 0 aromatic heterocycles. The lowest BCUT2D eigenvalue weighted by atomic mass is 9.59. The molecule has 0 bridgehead atoms. The van der Waals surface area contributed by atoms with E-state index in [1.54, 1.807) is 24.3 Å². The third kappa shape index (κ3) is 2.44. The van der Waals surface area contributed by atoms with Crippen LogP contribution in [0.4, 0.5) is 11.4 Å². The normalized spacial score (nSPS) is 18.5. The number of nitro groups is 1. The number of ketones is 4. The van der Waals surface area contributed by atoms with E-state index in [-0.39, 0.29) is 33.5 Å². The Labute approximate surface area is 196 Å². The fourth-order valence-electron chi connectivity index (χ4n) is 5.70. The van der Waals surface area contributed by atoms with Gasteiger partial charge in [-0.15, -0.1) is 0 Å². The Morgan fingerprint density at radius 1 is 0.686 bits per heavy atom. The van der Waals surface area contributed by atoms with Crippen molar-refractivity contribution >= 4 is 40.4 Å². The molecule has 0 saturated carbocycles. The molecule has 1 heterocycles. The van der Waals surface area contributed by atoms with Crippen molar-refractivity contribution in [1.29, 1.82) is 0 Å². The third-order valence-electron chi connectivity index (χ3n) is 7.16. The molecule has 3 aromatic carbocycles. The SMILES string of the molecule is O=C1c2ccccc2C(=O)C1C1(C2C(=O)c3ccccc3C2=O)C(=O)Nc2ccc([N+](=O)[O-])cc21. The van der Waals surface area contributed by atoms with Crippen LogP contribution in [0.5, 0.6) is 0 Å². The molecule has 1 N–H and O–H groups in total. The predicted octanol–water partition coefficient (Wildman–Crippen LogP) is 3.18. The van der Waals surface area contributed by atoms with Gasteiger partial charge in [0, 0.05) is 45.6 Å². The predicted molar refractivity (Wildman–Crippen MR) is 121 cm³/mol. The van der Waals surface area contributed by atoms with Gasteiger partial charge in [0.05, 0.1) is 4.92 Å². The van der Waals surface area contributed by atoms with E-state index in [9.17, 15) is 34.1 Å². The highest BCUT2D eigenvalue weighted by atomic mass is 16.6. The van der Waals surface area contributed by atoms with Gasteiger partial charge >= 0.3 is 0 Å². The van der Waals surface area contributed by atoms with Crippen LogP contribution in [0.2, 0.25) is 0 Å². The largest absolute Gasteiger partial charge is 0.325 e. The number of nitro benzene ring substituents is 1. The summed E-state index contributed by atoms with van der Waals surface area (Å²) in [5.74, 6) is -7.22. The van der Waals surface area contributed by atoms with Gasteiger partial charge in [-0.1, -0.05) is 48.5 Å². The first-order valence-corrected chi connectivity index (χ1v) is 10.7. The molecule has 9 heteroatoms. The highest BCUT2D eigenvalue weighted by Crippen LogP contribution is 2.55. The maximum atomic E-state index is 13.8. The first kappa shape index (κ1) is 20.8. The number of benzene rings is 3. The van der Waals surface area contributed by atoms with Gasteiger partial charge < -0.3 is 5.32 Å². The Balaban J connectivity index is 1.68. The Bertz CT molecular complexity index is 1430. The maximum Gasteiger partial charge on any atom is 0.269 e. The van der Waals surface area contributed by atoms with E-state index in [0.717, 1.165) is 12.1 Å². The quantitative estimate of drug-likeness (QED) is 0.355. The van der Waals surface area contributed by atoms with E-state index >= 15 is 0 Å². The molecule has 6 rings (SSSR count). The van der Waals surface area contributed by atoms with Crippen LogP contribution in [-0.4, -0.2) is 34.0 Å². The minimum absolute atomic E-state index is 0.0731. The molecule has 0 radical (unpaired) electrons. The van der Waals surface area contributed by atoms with Crippen molar-refractivity contribution in [2.45, 2.75) is 5.41 Å². The molecule has 0 saturated heterocycles. The number of non-ortho nitro benzene ring substituents is 1. The topological polar surface area (TPSA) is 141 Å². The zero-order valence-corrected chi connectivity index (χ0v) is 17.8. The van der Waals surface area contributed by atoms with Crippen LogP contribution >= 0.6 is 0 Å². The average Bonchev–Trinajstić information content (AvgIpc) is 3.39. The fraction of sp³-hybridized carbons (Fsp3) is 0.115. The Kier molecular flexibility index (Phi) is 4.08. The fourth-order valence-corrected chi connectivity index (χ4v) is 5.70. The molecule has 3 aromatic rings. The van der Waals surface area contributed by atoms with Crippen LogP contribution in [0.3, 0.4) is 0 Å². The summed E-state index contributed by atoms with van der Waals surface area (Å²) in [5, 5.41) is 14.2. The van der Waals surface area contributed by atoms with Crippen molar-refractivity contribution in [1.82, 2.24) is 0 Å². The summed E-state index contributed by atoms with van der Waals surface area (Å²) < 4.78 is 0. The van der Waals surface area contributed by atoms with Crippen LogP contribution in [-0.2, 0) is 10.2 Å². The van der Waals surface area contributed by atoms with Gasteiger partial charge in [0.25, 0.3) is 5.69 Å². The smallest absolute Gasteiger partial charge is 0.269 e. The van der Waals surface area contributed by atoms with E-state index < -0.39 is 56.9 Å². The molecule has 35 heavy (non-hydrogen) atoms. The second kappa shape index (κ2) is 6.86. The first-order valence-electron chi connectivity index (χ1n) is 10.7. The summed E-state index contributed by atoms with van der Waals surface area (Å²) in [6, 6.07) is 15.5. The molecule has 9 nitrogen and oxygen atoms in total. The van der Waals surface area contributed by atoms with E-state index in [0.29, 0.717) is 0 Å². The van der Waals surface area contributed by atoms with Crippen LogP contribution in [0.25, 0.3) is 0 Å². The number of hydrogen-bond donors (Lipinski definition) is 1. The maximum absolute atomic E-state index is 13.8. The second-order valence-electron chi connectivity index (χ2n) is 8.72. The van der Waals surface area contributed by atoms with Gasteiger partial charge in [-0.2, -0.15) is 0 Å². The van der Waals surface area contributed by atoms with Crippen molar-refractivity contribution in [3.63, 3.8) is 0 Å². The number of hydrogen-bond acceptors (Lipinski definition) is 7. The summed E-state index contributed by atoms with van der Waals surface area (Å²) in [6.45, 7) is 0. The molecular weight excluding hydrogens is 452 g/mol. The van der Waals surface area contributed by atoms with Crippen molar-refractivity contribution in [3.8, 4) is 0 Å². The highest BCUT2D eigenvalue weighted by molar-refractivity contribution is 6.35. The number of fused-ring (bicyclic) bond motifs is 3. The number of carbonyl (C=O) groups is 5. The van der Waals surface area contributed by atoms with Gasteiger partial charge in [-0.05, 0) is 6.07 Å². The summed E-state index contributed by atoms with van der Waals surface area (Å²) in [4.78, 5) is 79.3. The molecule has 1 aliphatic heterocycles. The standard InChI is InChI=1S/C26H14N2O7/c29-21-13-5-1-2-6-14(13)22(30)19(21)26(20-23(31)15-7-3-4-8-16(15)24(20)32)17-11-12(28(34)35)9-10-18(17)27-25(26)33/h1-11,19-20H,(H,27,33). The number of carbonyl (C=O) groups excluding carboxylic acids is 5. The zero-order chi connectivity index (χ0) is 24.6. The van der Waals surface area contributed by atoms with Crippen LogP contribution < -0.4 is 5.32 Å². The first-order chi connectivity index (χ1) is 16.8. The second-order valence-corrected chi connectivity index (χ2v) is 8.72. The van der Waals surface area contributed by atoms with Gasteiger partial charge in [0.1, 0.15) is 17.3 Å². The van der Waals surface area contributed by atoms with Gasteiger partial charge in [-0.3, -0.25) is 34.1 Å². The number of nitrogens with zero attached hydrogens (tertiary/aromatic N) is 1. The number of anilines is 1. The lowest BCUT2D eigenvalue weighted by molar-refractivity contribution is -0.384. The van der Waals surface area contributed by atoms with E-state index in [1.165, 1.54) is 30.3 Å². The van der Waals surface area contributed by atoms with E-state index in [2.05, 4.69) is 5.32 Å². The number of rotatable bonds is 3. The molecule has 0 fully saturated rings. The molecule has 0 spiro atoms. The number of Topliss-reactive ketones (excluding diaryl/α,β-unsaturated/α-hetero) is 4. The van der Waals surface area contributed by atoms with E-state index in [1.807, 2.05) is 0 Å². The minimum atomic E-state index is -2.29. The van der Waals surface area contributed by atoms with Crippen molar-refractivity contribution in [3.05, 3.63) is 105 Å². The monoisotopic (exact) mass is 466 g/mol. The highest BCUT2D eigenvalue weighted by Gasteiger charge is 2.69. The summed E-state index contributed by atoms with van der Waals surface area (Å²) in [7, 11) is 0. The number of amides is 1. The summed E-state index contributed by atoms with van der Waals surface area (Å²) >= 11 is 0. The van der Waals surface area contributed by atoms with Crippen LogP contribution in [0, 0.1) is 22.0 Å². The van der Waals surface area contributed by atoms with Gasteiger partial charge in [0.15, 0.2) is 23.1 Å². The lowest BCUT2D eigenvalue weighted by Gasteiger charge is -2.35. The van der Waals surface area contributed by atoms with Crippen molar-refractivity contribution in [2.75, 3.05) is 5.32 Å². The van der Waals surface area contributed by atoms with Crippen LogP contribution in [0.1, 0.15) is 47.0 Å². The number of nitrogens with one attached hydrogen (secondary N) is 1. The molecular formula is C26H14N2O7. The molecule has 3 aliphatic rings. The van der Waals surface area contributed by atoms with Crippen LogP contribution in [0.15, 0.2) is 66.7 Å². The molecule has 0 atom stereocenters. The average molecular weight is 466 g/mol. The third-order valence-corrected chi connectivity index (χ3v) is 7.16.